The van der Waals surface area contributed by atoms with Gasteiger partial charge in [0.05, 0.1) is 6.54 Å². The molecule has 1 amide bonds. The van der Waals surface area contributed by atoms with Gasteiger partial charge in [0.1, 0.15) is 9.30 Å². The van der Waals surface area contributed by atoms with Gasteiger partial charge in [0, 0.05) is 17.3 Å². The molecule has 1 rings (SSSR count). The average molecular weight is 495 g/mol. The Kier molecular flexibility index (Phi) is 14.2. The van der Waals surface area contributed by atoms with Crippen LogP contribution in [0.4, 0.5) is 4.79 Å². The lowest BCUT2D eigenvalue weighted by molar-refractivity contribution is -0.193. The van der Waals surface area contributed by atoms with Gasteiger partial charge in [-0.1, -0.05) is 13.8 Å². The summed E-state index contributed by atoms with van der Waals surface area (Å²) in [5, 5.41) is 7.44. The maximum atomic E-state index is 11.8. The first-order chi connectivity index (χ1) is 12.5. The Labute approximate surface area is 172 Å². The van der Waals surface area contributed by atoms with E-state index in [9.17, 15) is 4.79 Å². The SMILES string of the molecule is CCc1c(I)nn(CC(C)NC(=O)OC(C)(C)C)c1CC.O=C=O.O=C=O. The van der Waals surface area contributed by atoms with E-state index in [2.05, 4.69) is 46.9 Å². The van der Waals surface area contributed by atoms with Crippen molar-refractivity contribution in [3.63, 3.8) is 0 Å². The first-order valence-corrected chi connectivity index (χ1v) is 9.31. The summed E-state index contributed by atoms with van der Waals surface area (Å²) < 4.78 is 8.33. The molecule has 1 unspecified atom stereocenters. The quantitative estimate of drug-likeness (QED) is 0.622. The topological polar surface area (TPSA) is 124 Å². The van der Waals surface area contributed by atoms with Gasteiger partial charge in [-0.3, -0.25) is 4.68 Å². The van der Waals surface area contributed by atoms with Crippen molar-refractivity contribution < 1.29 is 28.7 Å². The van der Waals surface area contributed by atoms with Crippen LogP contribution in [0, 0.1) is 3.70 Å². The predicted octanol–water partition coefficient (Wildman–Crippen LogP) is 2.36. The molecule has 0 saturated carbocycles. The molecule has 0 fully saturated rings. The zero-order valence-electron chi connectivity index (χ0n) is 16.4. The monoisotopic (exact) mass is 495 g/mol. The standard InChI is InChI=1S/C15H26IN3O2.2CO2/c1-7-11-12(8-2)19(18-13(11)16)9-10(3)17-14(20)21-15(4,5)6;2*2-1-3/h10H,7-9H2,1-6H3,(H,17,20);;. The molecule has 1 atom stereocenters. The van der Waals surface area contributed by atoms with Gasteiger partial charge in [-0.15, -0.1) is 0 Å². The van der Waals surface area contributed by atoms with E-state index in [-0.39, 0.29) is 24.4 Å². The molecule has 9 nitrogen and oxygen atoms in total. The number of aromatic nitrogens is 2. The predicted molar refractivity (Wildman–Crippen MR) is 103 cm³/mol. The van der Waals surface area contributed by atoms with Crippen LogP contribution in [0.15, 0.2) is 0 Å². The number of carbonyl (C=O) groups is 1. The Morgan fingerprint density at radius 3 is 2.04 bits per heavy atom. The molecule has 0 radical (unpaired) electrons. The van der Waals surface area contributed by atoms with Crippen molar-refractivity contribution in [2.24, 2.45) is 0 Å². The fourth-order valence-electron chi connectivity index (χ4n) is 2.21. The third-order valence-corrected chi connectivity index (χ3v) is 3.88. The smallest absolute Gasteiger partial charge is 0.407 e. The second kappa shape index (κ2) is 14.1. The average Bonchev–Trinajstić information content (AvgIpc) is 2.80. The van der Waals surface area contributed by atoms with Crippen LogP contribution in [0.1, 0.15) is 52.8 Å². The van der Waals surface area contributed by atoms with Gasteiger partial charge in [0.2, 0.25) is 0 Å². The number of hydrogen-bond donors (Lipinski definition) is 1. The van der Waals surface area contributed by atoms with Crippen LogP contribution in [0.3, 0.4) is 0 Å². The van der Waals surface area contributed by atoms with Gasteiger partial charge >= 0.3 is 18.4 Å². The molecule has 0 aliphatic rings. The van der Waals surface area contributed by atoms with E-state index >= 15 is 0 Å². The summed E-state index contributed by atoms with van der Waals surface area (Å²) in [6.45, 7) is 12.5. The first kappa shape index (κ1) is 27.2. The Balaban J connectivity index is 0. The molecule has 1 aromatic rings. The molecule has 0 aliphatic heterocycles. The highest BCUT2D eigenvalue weighted by atomic mass is 127. The number of rotatable bonds is 5. The van der Waals surface area contributed by atoms with E-state index in [4.69, 9.17) is 23.9 Å². The van der Waals surface area contributed by atoms with Crippen LogP contribution in [0.5, 0.6) is 0 Å². The fourth-order valence-corrected chi connectivity index (χ4v) is 3.17. The van der Waals surface area contributed by atoms with Crippen molar-refractivity contribution in [2.75, 3.05) is 0 Å². The number of amides is 1. The van der Waals surface area contributed by atoms with Crippen molar-refractivity contribution in [2.45, 2.75) is 72.6 Å². The number of hydrogen-bond acceptors (Lipinski definition) is 7. The summed E-state index contributed by atoms with van der Waals surface area (Å²) in [7, 11) is 0. The molecule has 10 heteroatoms. The number of halogens is 1. The highest BCUT2D eigenvalue weighted by molar-refractivity contribution is 14.1. The molecule has 27 heavy (non-hydrogen) atoms. The normalized spacial score (nSPS) is 10.8. The summed E-state index contributed by atoms with van der Waals surface area (Å²) in [5.41, 5.74) is 2.08. The van der Waals surface area contributed by atoms with Gasteiger partial charge in [0.25, 0.3) is 0 Å². The molecule has 152 valence electrons. The van der Waals surface area contributed by atoms with Crippen LogP contribution in [0.2, 0.25) is 0 Å². The van der Waals surface area contributed by atoms with Crippen LogP contribution < -0.4 is 5.32 Å². The third-order valence-electron chi connectivity index (χ3n) is 3.02. The molecule has 0 saturated heterocycles. The number of nitrogens with zero attached hydrogens (tertiary/aromatic N) is 2. The highest BCUT2D eigenvalue weighted by Gasteiger charge is 2.19. The van der Waals surface area contributed by atoms with E-state index in [0.29, 0.717) is 6.54 Å². The minimum Gasteiger partial charge on any atom is -0.444 e. The second-order valence-corrected chi connectivity index (χ2v) is 7.34. The van der Waals surface area contributed by atoms with E-state index in [0.717, 1.165) is 16.5 Å². The molecular weight excluding hydrogens is 469 g/mol. The van der Waals surface area contributed by atoms with E-state index in [1.54, 1.807) is 0 Å². The van der Waals surface area contributed by atoms with Crippen molar-refractivity contribution in [3.05, 3.63) is 15.0 Å². The summed E-state index contributed by atoms with van der Waals surface area (Å²) in [5.74, 6) is 0. The van der Waals surface area contributed by atoms with Crippen LogP contribution in [-0.4, -0.2) is 39.8 Å². The zero-order chi connectivity index (χ0) is 21.6. The summed E-state index contributed by atoms with van der Waals surface area (Å²) >= 11 is 2.28. The van der Waals surface area contributed by atoms with Crippen LogP contribution in [-0.2, 0) is 43.3 Å². The van der Waals surface area contributed by atoms with Crippen molar-refractivity contribution in [1.82, 2.24) is 15.1 Å². The first-order valence-electron chi connectivity index (χ1n) is 8.23. The Bertz CT molecular complexity index is 642. The number of carbonyl (C=O) groups excluding carboxylic acids is 5. The molecule has 1 aromatic heterocycles. The van der Waals surface area contributed by atoms with Crippen LogP contribution >= 0.6 is 22.6 Å². The van der Waals surface area contributed by atoms with E-state index < -0.39 is 5.60 Å². The zero-order valence-corrected chi connectivity index (χ0v) is 18.6. The fraction of sp³-hybridized carbons (Fsp3) is 0.647. The van der Waals surface area contributed by atoms with Gasteiger partial charge in [-0.25, -0.2) is 4.79 Å². The second-order valence-electron chi connectivity index (χ2n) is 6.32. The molecule has 1 heterocycles. The Hall–Kier alpha value is -2.03. The van der Waals surface area contributed by atoms with Gasteiger partial charge < -0.3 is 10.1 Å². The maximum Gasteiger partial charge on any atom is 0.407 e. The lowest BCUT2D eigenvalue weighted by atomic mass is 10.1. The van der Waals surface area contributed by atoms with E-state index in [1.807, 2.05) is 32.4 Å². The van der Waals surface area contributed by atoms with Gasteiger partial charge in [0.15, 0.2) is 0 Å². The van der Waals surface area contributed by atoms with Gasteiger partial charge in [-0.05, 0) is 63.1 Å². The highest BCUT2D eigenvalue weighted by Crippen LogP contribution is 2.18. The Morgan fingerprint density at radius 1 is 1.19 bits per heavy atom. The number of nitrogens with one attached hydrogen (secondary N) is 1. The summed E-state index contributed by atoms with van der Waals surface area (Å²) in [6.07, 6.45) is 2.04. The number of alkyl carbamates (subject to hydrolysis) is 1. The van der Waals surface area contributed by atoms with Gasteiger partial charge in [-0.2, -0.15) is 24.3 Å². The minimum atomic E-state index is -0.477. The van der Waals surface area contributed by atoms with Crippen molar-refractivity contribution in [3.8, 4) is 0 Å². The Morgan fingerprint density at radius 2 is 1.67 bits per heavy atom. The minimum absolute atomic E-state index is 0.0365. The van der Waals surface area contributed by atoms with Crippen molar-refractivity contribution >= 4 is 41.0 Å². The van der Waals surface area contributed by atoms with Crippen LogP contribution in [0.25, 0.3) is 0 Å². The molecule has 0 spiro atoms. The lowest BCUT2D eigenvalue weighted by Gasteiger charge is -2.22. The lowest BCUT2D eigenvalue weighted by Crippen LogP contribution is -2.40. The maximum absolute atomic E-state index is 11.8. The molecule has 0 bridgehead atoms. The molecule has 0 aliphatic carbocycles. The molecule has 0 aromatic carbocycles. The largest absolute Gasteiger partial charge is 0.444 e. The number of ether oxygens (including phenoxy) is 1. The molecular formula is C17H26IN3O6. The summed E-state index contributed by atoms with van der Waals surface area (Å²) in [6, 6.07) is -0.0365. The third kappa shape index (κ3) is 12.1. The summed E-state index contributed by atoms with van der Waals surface area (Å²) in [4.78, 5) is 44.3. The molecule has 1 N–H and O–H groups in total. The van der Waals surface area contributed by atoms with Crippen molar-refractivity contribution in [1.29, 1.82) is 0 Å². The van der Waals surface area contributed by atoms with E-state index in [1.165, 1.54) is 11.3 Å².